The number of halogens is 1. The van der Waals surface area contributed by atoms with E-state index in [1.54, 1.807) is 18.2 Å². The molecule has 2 fully saturated rings. The molecule has 0 saturated carbocycles. The Morgan fingerprint density at radius 2 is 2.03 bits per heavy atom. The molecule has 0 amide bonds. The second-order valence-corrected chi connectivity index (χ2v) is 8.53. The van der Waals surface area contributed by atoms with Crippen LogP contribution in [0.15, 0.2) is 58.5 Å². The fourth-order valence-corrected chi connectivity index (χ4v) is 5.20. The van der Waals surface area contributed by atoms with Crippen molar-refractivity contribution in [3.8, 4) is 0 Å². The minimum atomic E-state index is -0.642. The molecular weight excluding hydrogens is 440 g/mol. The summed E-state index contributed by atoms with van der Waals surface area (Å²) in [6, 6.07) is 13.9. The summed E-state index contributed by atoms with van der Waals surface area (Å²) in [6.45, 7) is 7.68. The van der Waals surface area contributed by atoms with Gasteiger partial charge in [-0.05, 0) is 11.6 Å². The summed E-state index contributed by atoms with van der Waals surface area (Å²) < 4.78 is 24.0. The Kier molecular flexibility index (Phi) is 7.00. The van der Waals surface area contributed by atoms with Gasteiger partial charge in [0.25, 0.3) is 0 Å². The van der Waals surface area contributed by atoms with Crippen molar-refractivity contribution in [3.05, 3.63) is 81.0 Å². The van der Waals surface area contributed by atoms with E-state index in [0.717, 1.165) is 5.56 Å². The Balaban J connectivity index is 1.60. The molecule has 2 aliphatic heterocycles. The molecule has 0 N–H and O–H groups in total. The number of methoxy groups -OCH3 is 1. The van der Waals surface area contributed by atoms with E-state index in [1.807, 2.05) is 30.3 Å². The van der Waals surface area contributed by atoms with Gasteiger partial charge in [-0.3, -0.25) is 0 Å². The summed E-state index contributed by atoms with van der Waals surface area (Å²) in [5.41, 5.74) is 9.98. The minimum Gasteiger partial charge on any atom is -0.377 e. The van der Waals surface area contributed by atoms with Crippen LogP contribution in [0.1, 0.15) is 11.9 Å². The fraction of sp³-hybridized carbons (Fsp3) is 0.381. The lowest BCUT2D eigenvalue weighted by molar-refractivity contribution is -0.298. The zero-order valence-electron chi connectivity index (χ0n) is 16.5. The van der Waals surface area contributed by atoms with Crippen molar-refractivity contribution in [1.29, 1.82) is 0 Å². The molecule has 31 heavy (non-hydrogen) atoms. The number of hydrogen-bond acceptors (Lipinski definition) is 6. The molecule has 0 bridgehead atoms. The van der Waals surface area contributed by atoms with Crippen LogP contribution in [-0.2, 0) is 18.9 Å². The summed E-state index contributed by atoms with van der Waals surface area (Å²) in [5.74, 6) is 0. The Bertz CT molecular complexity index is 1010. The van der Waals surface area contributed by atoms with Crippen molar-refractivity contribution in [2.24, 2.45) is 5.11 Å². The van der Waals surface area contributed by atoms with Gasteiger partial charge >= 0.3 is 0 Å². The molecule has 2 aliphatic rings. The highest BCUT2D eigenvalue weighted by Crippen LogP contribution is 2.43. The first-order valence-corrected chi connectivity index (χ1v) is 10.8. The number of hydrogen-bond donors (Lipinski definition) is 0. The maximum absolute atomic E-state index is 9.21. The third-order valence-corrected chi connectivity index (χ3v) is 6.55. The summed E-state index contributed by atoms with van der Waals surface area (Å²) in [6.07, 6.45) is -2.20. The zero-order valence-corrected chi connectivity index (χ0v) is 18.1. The summed E-state index contributed by atoms with van der Waals surface area (Å²) in [7, 11) is 1.53. The van der Waals surface area contributed by atoms with Gasteiger partial charge in [-0.2, -0.15) is 0 Å². The molecule has 160 valence electrons. The zero-order chi connectivity index (χ0) is 21.8. The molecule has 2 aromatic carbocycles. The smallest absolute Gasteiger partial charge is 0.200 e. The number of fused-ring (bicyclic) bond motifs is 1. The Morgan fingerprint density at radius 1 is 1.23 bits per heavy atom. The first-order chi connectivity index (χ1) is 15.1. The second-order valence-electron chi connectivity index (χ2n) is 6.96. The van der Waals surface area contributed by atoms with Gasteiger partial charge in [0.1, 0.15) is 23.7 Å². The molecular formula is C21H19ClN4O4S. The lowest BCUT2D eigenvalue weighted by Gasteiger charge is -2.47. The summed E-state index contributed by atoms with van der Waals surface area (Å²) in [4.78, 5) is 7.24. The second kappa shape index (κ2) is 9.90. The molecule has 8 nitrogen and oxygen atoms in total. The molecule has 0 spiro atoms. The van der Waals surface area contributed by atoms with E-state index >= 15 is 0 Å². The average Bonchev–Trinajstić information content (AvgIpc) is 2.80. The molecule has 3 unspecified atom stereocenters. The van der Waals surface area contributed by atoms with Gasteiger partial charge in [0.15, 0.2) is 6.29 Å². The summed E-state index contributed by atoms with van der Waals surface area (Å²) in [5, 5.41) is 4.51. The number of benzene rings is 2. The maximum atomic E-state index is 9.21. The molecule has 0 aromatic heterocycles. The highest BCUT2D eigenvalue weighted by Gasteiger charge is 2.50. The third-order valence-electron chi connectivity index (χ3n) is 5.12. The van der Waals surface area contributed by atoms with Crippen LogP contribution in [0.2, 0.25) is 5.02 Å². The van der Waals surface area contributed by atoms with Gasteiger partial charge in [-0.15, -0.1) is 11.8 Å². The third kappa shape index (κ3) is 4.66. The van der Waals surface area contributed by atoms with Crippen molar-refractivity contribution in [2.75, 3.05) is 13.7 Å². The largest absolute Gasteiger partial charge is 0.377 e. The van der Waals surface area contributed by atoms with Gasteiger partial charge in [0.2, 0.25) is 5.69 Å². The van der Waals surface area contributed by atoms with Gasteiger partial charge in [-0.1, -0.05) is 59.2 Å². The molecule has 4 rings (SSSR count). The average molecular weight is 459 g/mol. The van der Waals surface area contributed by atoms with Crippen molar-refractivity contribution in [3.63, 3.8) is 0 Å². The number of ether oxygens (including phenoxy) is 4. The Hall–Kier alpha value is -2.28. The lowest BCUT2D eigenvalue weighted by atomic mass is 9.96. The first kappa shape index (κ1) is 21.9. The monoisotopic (exact) mass is 458 g/mol. The molecule has 6 atom stereocenters. The number of azide groups is 1. The van der Waals surface area contributed by atoms with Crippen molar-refractivity contribution >= 4 is 29.1 Å². The fourth-order valence-electron chi connectivity index (χ4n) is 3.68. The van der Waals surface area contributed by atoms with Gasteiger partial charge in [0.05, 0.1) is 19.2 Å². The van der Waals surface area contributed by atoms with E-state index in [-0.39, 0.29) is 6.61 Å². The van der Waals surface area contributed by atoms with Crippen LogP contribution in [0.25, 0.3) is 15.3 Å². The van der Waals surface area contributed by atoms with Crippen LogP contribution in [0.3, 0.4) is 0 Å². The van der Waals surface area contributed by atoms with E-state index in [4.69, 9.17) is 37.1 Å². The highest BCUT2D eigenvalue weighted by molar-refractivity contribution is 8.00. The Morgan fingerprint density at radius 3 is 2.74 bits per heavy atom. The molecule has 10 heteroatoms. The normalized spacial score (nSPS) is 30.0. The van der Waals surface area contributed by atoms with Gasteiger partial charge < -0.3 is 18.9 Å². The molecule has 0 aliphatic carbocycles. The molecule has 2 heterocycles. The lowest BCUT2D eigenvalue weighted by Crippen LogP contribution is -2.60. The molecule has 0 radical (unpaired) electrons. The van der Waals surface area contributed by atoms with Crippen LogP contribution in [0, 0.1) is 6.57 Å². The maximum Gasteiger partial charge on any atom is 0.200 e. The molecule has 2 aromatic rings. The quantitative estimate of drug-likeness (QED) is 0.255. The first-order valence-electron chi connectivity index (χ1n) is 9.52. The van der Waals surface area contributed by atoms with Crippen LogP contribution in [0.5, 0.6) is 0 Å². The van der Waals surface area contributed by atoms with E-state index in [0.29, 0.717) is 15.6 Å². The van der Waals surface area contributed by atoms with E-state index in [1.165, 1.54) is 18.9 Å². The highest BCUT2D eigenvalue weighted by atomic mass is 35.5. The van der Waals surface area contributed by atoms with Crippen LogP contribution in [-0.4, -0.2) is 43.5 Å². The van der Waals surface area contributed by atoms with Crippen LogP contribution < -0.4 is 0 Å². The number of rotatable bonds is 5. The van der Waals surface area contributed by atoms with Gasteiger partial charge in [-0.25, -0.2) is 4.85 Å². The number of nitrogens with zero attached hydrogens (tertiary/aromatic N) is 4. The summed E-state index contributed by atoms with van der Waals surface area (Å²) >= 11 is 7.44. The van der Waals surface area contributed by atoms with Crippen LogP contribution in [0.4, 0.5) is 5.69 Å². The van der Waals surface area contributed by atoms with Crippen molar-refractivity contribution < 1.29 is 18.9 Å². The van der Waals surface area contributed by atoms with E-state index < -0.39 is 36.1 Å². The van der Waals surface area contributed by atoms with E-state index in [9.17, 15) is 5.53 Å². The SMILES string of the molecule is [C-]#[N+]c1ccc(Cl)cc1S[C@H]1OC2COC(c3ccccc3)O[C@@H]2C(N=[N+]=[N-])[C@@H]1OC. The Labute approximate surface area is 188 Å². The van der Waals surface area contributed by atoms with Crippen molar-refractivity contribution in [2.45, 2.75) is 41.0 Å². The predicted octanol–water partition coefficient (Wildman–Crippen LogP) is 5.52. The van der Waals surface area contributed by atoms with Crippen LogP contribution >= 0.6 is 23.4 Å². The topological polar surface area (TPSA) is 90.0 Å². The standard InChI is InChI=1S/C21H19ClN4O4S/c1-24-14-9-8-13(22)10-16(14)31-21-19(27-2)17(25-26-23)18-15(29-21)11-28-20(30-18)12-6-4-3-5-7-12/h3-10,15,17-21H,11H2,2H3/t15?,17?,18-,19-,20?,21+/m0/s1. The van der Waals surface area contributed by atoms with Gasteiger partial charge in [0, 0.05) is 27.5 Å². The number of thioether (sulfide) groups is 1. The van der Waals surface area contributed by atoms with E-state index in [2.05, 4.69) is 14.9 Å². The molecule has 2 saturated heterocycles. The minimum absolute atomic E-state index is 0.264. The predicted molar refractivity (Wildman–Crippen MR) is 116 cm³/mol. The van der Waals surface area contributed by atoms with Crippen molar-refractivity contribution in [1.82, 2.24) is 0 Å².